The van der Waals surface area contributed by atoms with Crippen molar-refractivity contribution in [3.05, 3.63) is 108 Å². The molecule has 6 heteroatoms. The van der Waals surface area contributed by atoms with Crippen molar-refractivity contribution in [2.24, 2.45) is 0 Å². The molecule has 3 N–H and O–H groups in total. The topological polar surface area (TPSA) is 87.3 Å². The Kier molecular flexibility index (Phi) is 6.15. The molecule has 140 valence electrons. The maximum Gasteiger partial charge on any atom is 0.269 e. The van der Waals surface area contributed by atoms with Crippen LogP contribution in [0.1, 0.15) is 32.3 Å². The fraction of sp³-hybridized carbons (Fsp3) is 0.0455. The van der Waals surface area contributed by atoms with E-state index in [-0.39, 0.29) is 5.91 Å². The SMILES string of the molecule is O=C(NNC(=O)C(NC(=O)c1ccccc1)c1ccccc1)c1ccccc1. The standard InChI is InChI=1S/C22H19N3O3/c26-20(17-12-6-2-7-13-17)23-19(16-10-4-1-5-11-16)22(28)25-24-21(27)18-14-8-3-9-15-18/h1-15,19H,(H,23,26)(H,24,27)(H,25,28). The molecule has 0 radical (unpaired) electrons. The molecule has 0 bridgehead atoms. The van der Waals surface area contributed by atoms with Gasteiger partial charge in [0.1, 0.15) is 6.04 Å². The third kappa shape index (κ3) is 4.82. The largest absolute Gasteiger partial charge is 0.336 e. The summed E-state index contributed by atoms with van der Waals surface area (Å²) >= 11 is 0. The van der Waals surface area contributed by atoms with Crippen molar-refractivity contribution in [1.82, 2.24) is 16.2 Å². The third-order valence-electron chi connectivity index (χ3n) is 4.04. The van der Waals surface area contributed by atoms with Gasteiger partial charge in [-0.15, -0.1) is 0 Å². The number of nitrogens with one attached hydrogen (secondary N) is 3. The summed E-state index contributed by atoms with van der Waals surface area (Å²) in [5, 5.41) is 2.71. The molecule has 3 rings (SSSR count). The van der Waals surface area contributed by atoms with Gasteiger partial charge in [0.2, 0.25) is 0 Å². The van der Waals surface area contributed by atoms with Gasteiger partial charge in [-0.1, -0.05) is 66.7 Å². The Morgan fingerprint density at radius 1 is 0.571 bits per heavy atom. The van der Waals surface area contributed by atoms with Crippen molar-refractivity contribution < 1.29 is 14.4 Å². The van der Waals surface area contributed by atoms with E-state index in [1.54, 1.807) is 84.9 Å². The molecular formula is C22H19N3O3. The van der Waals surface area contributed by atoms with Gasteiger partial charge in [-0.3, -0.25) is 25.2 Å². The molecule has 3 aromatic rings. The molecule has 28 heavy (non-hydrogen) atoms. The number of carbonyl (C=O) groups excluding carboxylic acids is 3. The zero-order valence-corrected chi connectivity index (χ0v) is 15.0. The molecule has 0 fully saturated rings. The normalized spacial score (nSPS) is 11.1. The Bertz CT molecular complexity index is 945. The van der Waals surface area contributed by atoms with Crippen LogP contribution in [-0.4, -0.2) is 17.7 Å². The van der Waals surface area contributed by atoms with Crippen LogP contribution in [0.15, 0.2) is 91.0 Å². The summed E-state index contributed by atoms with van der Waals surface area (Å²) in [6.45, 7) is 0. The predicted octanol–water partition coefficient (Wildman–Crippen LogP) is 2.62. The molecule has 0 saturated carbocycles. The Balaban J connectivity index is 1.72. The quantitative estimate of drug-likeness (QED) is 0.601. The fourth-order valence-corrected chi connectivity index (χ4v) is 2.60. The summed E-state index contributed by atoms with van der Waals surface area (Å²) < 4.78 is 0. The molecule has 3 amide bonds. The van der Waals surface area contributed by atoms with Crippen LogP contribution in [0, 0.1) is 0 Å². The zero-order valence-electron chi connectivity index (χ0n) is 15.0. The highest BCUT2D eigenvalue weighted by molar-refractivity contribution is 5.99. The Hall–Kier alpha value is -3.93. The summed E-state index contributed by atoms with van der Waals surface area (Å²) in [5.74, 6) is -1.39. The van der Waals surface area contributed by atoms with E-state index in [1.165, 1.54) is 0 Å². The van der Waals surface area contributed by atoms with E-state index in [1.807, 2.05) is 6.07 Å². The van der Waals surface area contributed by atoms with Crippen LogP contribution in [-0.2, 0) is 4.79 Å². The summed E-state index contributed by atoms with van der Waals surface area (Å²) in [6.07, 6.45) is 0. The molecular weight excluding hydrogens is 354 g/mol. The van der Waals surface area contributed by atoms with E-state index in [0.717, 1.165) is 0 Å². The van der Waals surface area contributed by atoms with Gasteiger partial charge in [0.15, 0.2) is 0 Å². The lowest BCUT2D eigenvalue weighted by atomic mass is 10.1. The maximum atomic E-state index is 12.7. The molecule has 0 heterocycles. The van der Waals surface area contributed by atoms with E-state index >= 15 is 0 Å². The van der Waals surface area contributed by atoms with E-state index in [2.05, 4.69) is 16.2 Å². The molecule has 1 atom stereocenters. The monoisotopic (exact) mass is 373 g/mol. The second-order valence-electron chi connectivity index (χ2n) is 5.99. The number of hydrazine groups is 1. The molecule has 0 aromatic heterocycles. The highest BCUT2D eigenvalue weighted by atomic mass is 16.2. The first-order chi connectivity index (χ1) is 13.6. The minimum atomic E-state index is -0.968. The molecule has 3 aromatic carbocycles. The molecule has 0 aliphatic rings. The zero-order chi connectivity index (χ0) is 19.8. The van der Waals surface area contributed by atoms with Crippen LogP contribution in [0.4, 0.5) is 0 Å². The summed E-state index contributed by atoms with van der Waals surface area (Å²) in [7, 11) is 0. The Labute approximate surface area is 162 Å². The Morgan fingerprint density at radius 3 is 1.57 bits per heavy atom. The van der Waals surface area contributed by atoms with E-state index in [0.29, 0.717) is 16.7 Å². The minimum absolute atomic E-state index is 0.390. The molecule has 1 unspecified atom stereocenters. The van der Waals surface area contributed by atoms with Crippen LogP contribution >= 0.6 is 0 Å². The van der Waals surface area contributed by atoms with Gasteiger partial charge in [-0.2, -0.15) is 0 Å². The van der Waals surface area contributed by atoms with Gasteiger partial charge in [0, 0.05) is 11.1 Å². The average molecular weight is 373 g/mol. The summed E-state index contributed by atoms with van der Waals surface area (Å²) in [6, 6.07) is 25.0. The molecule has 0 saturated heterocycles. The van der Waals surface area contributed by atoms with Crippen molar-refractivity contribution in [1.29, 1.82) is 0 Å². The first kappa shape index (κ1) is 18.8. The maximum absolute atomic E-state index is 12.7. The second kappa shape index (κ2) is 9.14. The molecule has 0 aliphatic heterocycles. The van der Waals surface area contributed by atoms with E-state index in [4.69, 9.17) is 0 Å². The molecule has 6 nitrogen and oxygen atoms in total. The number of carbonyl (C=O) groups is 3. The van der Waals surface area contributed by atoms with Crippen molar-refractivity contribution in [2.75, 3.05) is 0 Å². The first-order valence-electron chi connectivity index (χ1n) is 8.71. The lowest BCUT2D eigenvalue weighted by Crippen LogP contribution is -2.48. The highest BCUT2D eigenvalue weighted by Crippen LogP contribution is 2.14. The summed E-state index contributed by atoms with van der Waals surface area (Å²) in [4.78, 5) is 37.4. The highest BCUT2D eigenvalue weighted by Gasteiger charge is 2.23. The lowest BCUT2D eigenvalue weighted by Gasteiger charge is -2.19. The molecule has 0 aliphatic carbocycles. The third-order valence-corrected chi connectivity index (χ3v) is 4.04. The van der Waals surface area contributed by atoms with Crippen LogP contribution in [0.2, 0.25) is 0 Å². The average Bonchev–Trinajstić information content (AvgIpc) is 2.77. The van der Waals surface area contributed by atoms with Crippen molar-refractivity contribution in [3.63, 3.8) is 0 Å². The number of benzene rings is 3. The fourth-order valence-electron chi connectivity index (χ4n) is 2.60. The first-order valence-corrected chi connectivity index (χ1v) is 8.71. The minimum Gasteiger partial charge on any atom is -0.336 e. The number of rotatable bonds is 5. The van der Waals surface area contributed by atoms with Crippen LogP contribution < -0.4 is 16.2 Å². The number of hydrogen-bond donors (Lipinski definition) is 3. The van der Waals surface area contributed by atoms with Crippen molar-refractivity contribution in [3.8, 4) is 0 Å². The van der Waals surface area contributed by atoms with Gasteiger partial charge < -0.3 is 5.32 Å². The number of hydrogen-bond acceptors (Lipinski definition) is 3. The van der Waals surface area contributed by atoms with Crippen LogP contribution in [0.25, 0.3) is 0 Å². The van der Waals surface area contributed by atoms with Crippen molar-refractivity contribution >= 4 is 17.7 Å². The van der Waals surface area contributed by atoms with Crippen molar-refractivity contribution in [2.45, 2.75) is 6.04 Å². The van der Waals surface area contributed by atoms with Gasteiger partial charge >= 0.3 is 0 Å². The van der Waals surface area contributed by atoms with Gasteiger partial charge in [0.25, 0.3) is 17.7 Å². The molecule has 0 spiro atoms. The van der Waals surface area contributed by atoms with Crippen LogP contribution in [0.3, 0.4) is 0 Å². The van der Waals surface area contributed by atoms with E-state index < -0.39 is 17.9 Å². The smallest absolute Gasteiger partial charge is 0.269 e. The van der Waals surface area contributed by atoms with Gasteiger partial charge in [-0.25, -0.2) is 0 Å². The lowest BCUT2D eigenvalue weighted by molar-refractivity contribution is -0.123. The predicted molar refractivity (Wildman–Crippen MR) is 105 cm³/mol. The van der Waals surface area contributed by atoms with Gasteiger partial charge in [0.05, 0.1) is 0 Å². The van der Waals surface area contributed by atoms with E-state index in [9.17, 15) is 14.4 Å². The number of amides is 3. The van der Waals surface area contributed by atoms with Gasteiger partial charge in [-0.05, 0) is 29.8 Å². The second-order valence-corrected chi connectivity index (χ2v) is 5.99. The Morgan fingerprint density at radius 2 is 1.04 bits per heavy atom. The summed E-state index contributed by atoms with van der Waals surface area (Å²) in [5.41, 5.74) is 6.20. The van der Waals surface area contributed by atoms with Crippen LogP contribution in [0.5, 0.6) is 0 Å².